The summed E-state index contributed by atoms with van der Waals surface area (Å²) in [4.78, 5) is 44.5. The lowest BCUT2D eigenvalue weighted by atomic mass is 9.91. The minimum Gasteiger partial charge on any atom is -0.465 e. The van der Waals surface area contributed by atoms with Crippen LogP contribution in [-0.4, -0.2) is 118 Å². The van der Waals surface area contributed by atoms with E-state index in [1.807, 2.05) is 13.8 Å². The van der Waals surface area contributed by atoms with E-state index in [9.17, 15) is 28.4 Å². The number of benzene rings is 1. The van der Waals surface area contributed by atoms with Crippen LogP contribution in [0.2, 0.25) is 0 Å². The molecule has 1 aromatic heterocycles. The Kier molecular flexibility index (Phi) is 11.7. The number of piperidine rings is 1. The molecular weight excluding hydrogens is 610 g/mol. The molecule has 14 nitrogen and oxygen atoms in total. The first-order valence-electron chi connectivity index (χ1n) is 15.2. The molecule has 2 fully saturated rings. The maximum Gasteiger partial charge on any atom is 0.407 e. The Morgan fingerprint density at radius 2 is 1.78 bits per heavy atom. The number of carbonyl (C=O) groups is 3. The molecule has 0 unspecified atom stereocenters. The molecule has 0 aliphatic carbocycles. The topological polar surface area (TPSA) is 157 Å². The number of ether oxygens (including phenoxy) is 1. The first-order valence-corrected chi connectivity index (χ1v) is 16.9. The molecule has 3 heterocycles. The summed E-state index contributed by atoms with van der Waals surface area (Å²) in [6, 6.07) is 5.09. The average molecular weight is 653 g/mol. The fourth-order valence-electron chi connectivity index (χ4n) is 5.73. The lowest BCUT2D eigenvalue weighted by Crippen LogP contribution is -2.58. The highest BCUT2D eigenvalue weighted by atomic mass is 31.2. The van der Waals surface area contributed by atoms with Gasteiger partial charge in [-0.25, -0.2) is 13.9 Å². The number of likely N-dealkylation sites (tertiary alicyclic amines) is 1. The van der Waals surface area contributed by atoms with Crippen LogP contribution in [0.3, 0.4) is 0 Å². The van der Waals surface area contributed by atoms with Gasteiger partial charge in [0, 0.05) is 32.7 Å². The summed E-state index contributed by atoms with van der Waals surface area (Å²) >= 11 is 0. The molecule has 0 spiro atoms. The second-order valence-corrected chi connectivity index (χ2v) is 13.5. The second kappa shape index (κ2) is 15.3. The van der Waals surface area contributed by atoms with E-state index in [1.165, 1.54) is 23.1 Å². The van der Waals surface area contributed by atoms with Crippen molar-refractivity contribution in [1.29, 1.82) is 0 Å². The van der Waals surface area contributed by atoms with E-state index in [2.05, 4.69) is 10.3 Å². The molecular formula is C29H42FN6O8P. The van der Waals surface area contributed by atoms with Crippen molar-refractivity contribution in [2.24, 2.45) is 11.8 Å². The predicted molar refractivity (Wildman–Crippen MR) is 161 cm³/mol. The Hall–Kier alpha value is -3.39. The van der Waals surface area contributed by atoms with E-state index in [4.69, 9.17) is 13.8 Å². The fourth-order valence-corrected chi connectivity index (χ4v) is 7.43. The van der Waals surface area contributed by atoms with E-state index in [0.717, 1.165) is 9.58 Å². The number of para-hydroxylation sites is 1. The Balaban J connectivity index is 1.76. The lowest BCUT2D eigenvalue weighted by Gasteiger charge is -2.43. The third-order valence-electron chi connectivity index (χ3n) is 7.68. The van der Waals surface area contributed by atoms with Gasteiger partial charge in [0.2, 0.25) is 5.91 Å². The Morgan fingerprint density at radius 3 is 2.38 bits per heavy atom. The van der Waals surface area contributed by atoms with Crippen LogP contribution in [0.25, 0.3) is 5.69 Å². The SMILES string of the molecule is CCOP(=O)(Cc1c(C(=O)N(CC(C)C)[C@H]2C[C@@H](C(=O)N3CCOCC3)CN(C(=O)O)C2)nnn1-c1ccccc1F)OCC. The number of hydrogen-bond donors (Lipinski definition) is 1. The van der Waals surface area contributed by atoms with Gasteiger partial charge in [-0.2, -0.15) is 0 Å². The molecule has 0 saturated carbocycles. The van der Waals surface area contributed by atoms with Crippen LogP contribution in [0.5, 0.6) is 0 Å². The van der Waals surface area contributed by atoms with E-state index in [1.54, 1.807) is 24.8 Å². The molecule has 4 rings (SSSR count). The summed E-state index contributed by atoms with van der Waals surface area (Å²) in [6.07, 6.45) is -1.39. The van der Waals surface area contributed by atoms with E-state index in [0.29, 0.717) is 26.3 Å². The van der Waals surface area contributed by atoms with Gasteiger partial charge >= 0.3 is 13.7 Å². The summed E-state index contributed by atoms with van der Waals surface area (Å²) < 4.78 is 46.2. The number of nitrogens with zero attached hydrogens (tertiary/aromatic N) is 6. The number of aromatic nitrogens is 3. The van der Waals surface area contributed by atoms with Crippen LogP contribution in [0, 0.1) is 17.7 Å². The number of halogens is 1. The number of rotatable bonds is 12. The highest BCUT2D eigenvalue weighted by Crippen LogP contribution is 2.52. The Labute approximate surface area is 261 Å². The van der Waals surface area contributed by atoms with E-state index < -0.39 is 43.5 Å². The van der Waals surface area contributed by atoms with Gasteiger partial charge in [0.15, 0.2) is 5.69 Å². The van der Waals surface area contributed by atoms with E-state index >= 15 is 0 Å². The van der Waals surface area contributed by atoms with Crippen LogP contribution >= 0.6 is 7.60 Å². The summed E-state index contributed by atoms with van der Waals surface area (Å²) in [5.41, 5.74) is -0.183. The minimum atomic E-state index is -3.83. The van der Waals surface area contributed by atoms with Crippen LogP contribution in [0.1, 0.15) is 50.3 Å². The molecule has 1 N–H and O–H groups in total. The lowest BCUT2D eigenvalue weighted by molar-refractivity contribution is -0.142. The summed E-state index contributed by atoms with van der Waals surface area (Å²) in [6.45, 7) is 9.05. The zero-order valence-corrected chi connectivity index (χ0v) is 27.0. The van der Waals surface area contributed by atoms with Gasteiger partial charge in [0.1, 0.15) is 11.5 Å². The monoisotopic (exact) mass is 652 g/mol. The first-order chi connectivity index (χ1) is 21.5. The molecule has 2 saturated heterocycles. The maximum atomic E-state index is 15.0. The Bertz CT molecular complexity index is 1390. The molecule has 16 heteroatoms. The largest absolute Gasteiger partial charge is 0.465 e. The second-order valence-electron chi connectivity index (χ2n) is 11.4. The summed E-state index contributed by atoms with van der Waals surface area (Å²) in [5, 5.41) is 18.2. The molecule has 1 aromatic carbocycles. The van der Waals surface area contributed by atoms with Gasteiger partial charge in [-0.3, -0.25) is 14.2 Å². The predicted octanol–water partition coefficient (Wildman–Crippen LogP) is 3.50. The van der Waals surface area contributed by atoms with Crippen molar-refractivity contribution >= 4 is 25.5 Å². The molecule has 2 aliphatic rings. The standard InChI is InChI=1S/C29H42FN6O8P/c1-5-43-45(41,44-6-2)19-25-26(31-32-36(25)24-10-8-7-9-23(24)30)28(38)35(16-20(3)4)22-15-21(17-34(18-22)29(39)40)27(37)33-11-13-42-14-12-33/h7-10,20-22H,5-6,11-19H2,1-4H3,(H,39,40)/t21-,22+/m1/s1. The van der Waals surface area contributed by atoms with Crippen molar-refractivity contribution in [1.82, 2.24) is 29.7 Å². The van der Waals surface area contributed by atoms with Crippen molar-refractivity contribution in [3.05, 3.63) is 41.5 Å². The molecule has 45 heavy (non-hydrogen) atoms. The van der Waals surface area contributed by atoms with E-state index in [-0.39, 0.29) is 68.2 Å². The van der Waals surface area contributed by atoms with Crippen molar-refractivity contribution in [2.75, 3.05) is 59.2 Å². The van der Waals surface area contributed by atoms with Gasteiger partial charge in [-0.05, 0) is 38.3 Å². The van der Waals surface area contributed by atoms with Crippen molar-refractivity contribution in [3.63, 3.8) is 0 Å². The molecule has 2 aromatic rings. The number of carbonyl (C=O) groups excluding carboxylic acids is 2. The number of hydrogen-bond acceptors (Lipinski definition) is 9. The van der Waals surface area contributed by atoms with Crippen molar-refractivity contribution in [2.45, 2.75) is 46.3 Å². The smallest absolute Gasteiger partial charge is 0.407 e. The number of morpholine rings is 1. The first kappa shape index (κ1) is 34.5. The normalized spacial score (nSPS) is 19.2. The minimum absolute atomic E-state index is 0.00629. The Morgan fingerprint density at radius 1 is 1.11 bits per heavy atom. The number of carboxylic acid groups (broad SMARTS) is 1. The van der Waals surface area contributed by atoms with Gasteiger partial charge in [-0.1, -0.05) is 31.2 Å². The number of amides is 3. The quantitative estimate of drug-likeness (QED) is 0.337. The fraction of sp³-hybridized carbons (Fsp3) is 0.621. The zero-order valence-electron chi connectivity index (χ0n) is 26.1. The van der Waals surface area contributed by atoms with Crippen molar-refractivity contribution < 1.29 is 42.2 Å². The third-order valence-corrected chi connectivity index (χ3v) is 9.67. The average Bonchev–Trinajstić information content (AvgIpc) is 3.42. The zero-order chi connectivity index (χ0) is 32.7. The van der Waals surface area contributed by atoms with Gasteiger partial charge < -0.3 is 33.6 Å². The molecule has 0 bridgehead atoms. The summed E-state index contributed by atoms with van der Waals surface area (Å²) in [5.74, 6) is -2.17. The van der Waals surface area contributed by atoms with Crippen LogP contribution in [-0.2, 0) is 29.3 Å². The molecule has 3 amide bonds. The molecule has 0 radical (unpaired) electrons. The molecule has 2 atom stereocenters. The third kappa shape index (κ3) is 8.26. The van der Waals surface area contributed by atoms with Crippen LogP contribution < -0.4 is 0 Å². The van der Waals surface area contributed by atoms with Gasteiger partial charge in [0.05, 0.1) is 50.2 Å². The molecule has 248 valence electrons. The van der Waals surface area contributed by atoms with Crippen LogP contribution in [0.4, 0.5) is 9.18 Å². The van der Waals surface area contributed by atoms with Gasteiger partial charge in [-0.15, -0.1) is 5.10 Å². The maximum absolute atomic E-state index is 15.0. The highest BCUT2D eigenvalue weighted by Gasteiger charge is 2.42. The van der Waals surface area contributed by atoms with Crippen molar-refractivity contribution in [3.8, 4) is 5.69 Å². The highest BCUT2D eigenvalue weighted by molar-refractivity contribution is 7.53. The summed E-state index contributed by atoms with van der Waals surface area (Å²) in [7, 11) is -3.83. The van der Waals surface area contributed by atoms with Gasteiger partial charge in [0.25, 0.3) is 5.91 Å². The molecule has 2 aliphatic heterocycles. The van der Waals surface area contributed by atoms with Crippen LogP contribution in [0.15, 0.2) is 24.3 Å².